The molecule has 2 aromatic carbocycles. The van der Waals surface area contributed by atoms with Crippen molar-refractivity contribution in [3.8, 4) is 0 Å². The van der Waals surface area contributed by atoms with Crippen LogP contribution in [0.25, 0.3) is 0 Å². The summed E-state index contributed by atoms with van der Waals surface area (Å²) in [5, 5.41) is 5.88. The number of anilines is 2. The molecule has 2 atom stereocenters. The number of aryl methyl sites for hydroxylation is 1. The minimum atomic E-state index is -0.554. The van der Waals surface area contributed by atoms with Crippen LogP contribution < -0.4 is 10.6 Å². The third-order valence-electron chi connectivity index (χ3n) is 5.28. The van der Waals surface area contributed by atoms with Gasteiger partial charge in [0.1, 0.15) is 5.82 Å². The third kappa shape index (κ3) is 5.51. The Balaban J connectivity index is 1.66. The lowest BCUT2D eigenvalue weighted by Crippen LogP contribution is -2.42. The van der Waals surface area contributed by atoms with Crippen molar-refractivity contribution in [3.63, 3.8) is 0 Å². The van der Waals surface area contributed by atoms with Crippen molar-refractivity contribution in [1.29, 1.82) is 0 Å². The van der Waals surface area contributed by atoms with Gasteiger partial charge in [0.25, 0.3) is 5.91 Å². The van der Waals surface area contributed by atoms with Gasteiger partial charge >= 0.3 is 0 Å². The van der Waals surface area contributed by atoms with Crippen molar-refractivity contribution in [2.75, 3.05) is 30.3 Å². The van der Waals surface area contributed by atoms with Gasteiger partial charge in [-0.1, -0.05) is 31.5 Å². The summed E-state index contributed by atoms with van der Waals surface area (Å²) in [5.74, 6) is 0.00189. The molecule has 1 fully saturated rings. The monoisotopic (exact) mass is 431 g/mol. The third-order valence-corrected chi connectivity index (χ3v) is 5.52. The van der Waals surface area contributed by atoms with E-state index in [9.17, 15) is 14.0 Å². The maximum atomic E-state index is 13.8. The van der Waals surface area contributed by atoms with Gasteiger partial charge in [0, 0.05) is 29.4 Å². The first-order valence-electron chi connectivity index (χ1n) is 10.1. The Morgan fingerprint density at radius 2 is 1.80 bits per heavy atom. The van der Waals surface area contributed by atoms with E-state index in [1.807, 2.05) is 24.0 Å². The van der Waals surface area contributed by atoms with E-state index in [0.717, 1.165) is 25.1 Å². The van der Waals surface area contributed by atoms with E-state index in [2.05, 4.69) is 24.5 Å². The fourth-order valence-corrected chi connectivity index (χ4v) is 4.09. The summed E-state index contributed by atoms with van der Waals surface area (Å²) in [5.41, 5.74) is 2.23. The van der Waals surface area contributed by atoms with Crippen LogP contribution in [0.4, 0.5) is 15.8 Å². The number of hydrogen-bond donors (Lipinski definition) is 2. The Morgan fingerprint density at radius 3 is 2.50 bits per heavy atom. The van der Waals surface area contributed by atoms with Crippen LogP contribution in [0.15, 0.2) is 36.4 Å². The second kappa shape index (κ2) is 9.47. The number of hydrogen-bond acceptors (Lipinski definition) is 3. The Labute approximate surface area is 181 Å². The molecule has 2 N–H and O–H groups in total. The van der Waals surface area contributed by atoms with Gasteiger partial charge in [-0.3, -0.25) is 9.59 Å². The van der Waals surface area contributed by atoms with Gasteiger partial charge in [-0.2, -0.15) is 0 Å². The minimum Gasteiger partial charge on any atom is -0.376 e. The largest absolute Gasteiger partial charge is 0.376 e. The first-order valence-corrected chi connectivity index (χ1v) is 10.5. The molecule has 3 rings (SSSR count). The summed E-state index contributed by atoms with van der Waals surface area (Å²) < 4.78 is 13.8. The molecule has 0 radical (unpaired) electrons. The molecule has 160 valence electrons. The first kappa shape index (κ1) is 22.1. The smallest absolute Gasteiger partial charge is 0.253 e. The summed E-state index contributed by atoms with van der Waals surface area (Å²) in [6.45, 7) is 7.68. The molecular weight excluding hydrogens is 405 g/mol. The van der Waals surface area contributed by atoms with Crippen LogP contribution in [0.1, 0.15) is 36.2 Å². The maximum Gasteiger partial charge on any atom is 0.253 e. The predicted octanol–water partition coefficient (Wildman–Crippen LogP) is 4.96. The number of piperidine rings is 1. The van der Waals surface area contributed by atoms with Gasteiger partial charge in [-0.15, -0.1) is 0 Å². The number of amides is 2. The summed E-state index contributed by atoms with van der Waals surface area (Å²) in [6.07, 6.45) is 1.13. The van der Waals surface area contributed by atoms with Crippen molar-refractivity contribution in [2.24, 2.45) is 11.8 Å². The molecule has 1 aliphatic rings. The molecule has 2 aromatic rings. The van der Waals surface area contributed by atoms with Crippen molar-refractivity contribution in [2.45, 2.75) is 27.2 Å². The molecule has 30 heavy (non-hydrogen) atoms. The highest BCUT2D eigenvalue weighted by atomic mass is 35.5. The quantitative estimate of drug-likeness (QED) is 0.703. The van der Waals surface area contributed by atoms with Crippen LogP contribution in [0, 0.1) is 24.6 Å². The Hall–Kier alpha value is -2.60. The van der Waals surface area contributed by atoms with E-state index >= 15 is 0 Å². The molecule has 0 spiro atoms. The van der Waals surface area contributed by atoms with Crippen molar-refractivity contribution in [1.82, 2.24) is 4.90 Å². The molecule has 1 heterocycles. The number of carbonyl (C=O) groups excluding carboxylic acids is 2. The average molecular weight is 432 g/mol. The number of carbonyl (C=O) groups is 2. The van der Waals surface area contributed by atoms with E-state index < -0.39 is 11.7 Å². The molecule has 0 aromatic heterocycles. The topological polar surface area (TPSA) is 61.4 Å². The van der Waals surface area contributed by atoms with Crippen molar-refractivity contribution in [3.05, 3.63) is 58.4 Å². The number of halogens is 2. The highest BCUT2D eigenvalue weighted by Crippen LogP contribution is 2.24. The van der Waals surface area contributed by atoms with E-state index in [0.29, 0.717) is 28.1 Å². The number of benzene rings is 2. The van der Waals surface area contributed by atoms with Crippen molar-refractivity contribution < 1.29 is 14.0 Å². The molecule has 7 heteroatoms. The zero-order valence-corrected chi connectivity index (χ0v) is 18.2. The van der Waals surface area contributed by atoms with E-state index in [-0.39, 0.29) is 18.1 Å². The van der Waals surface area contributed by atoms with Crippen LogP contribution in [-0.2, 0) is 4.79 Å². The molecule has 2 unspecified atom stereocenters. The molecule has 0 aliphatic carbocycles. The highest BCUT2D eigenvalue weighted by molar-refractivity contribution is 6.30. The van der Waals surface area contributed by atoms with Crippen LogP contribution in [0.3, 0.4) is 0 Å². The fraction of sp³-hybridized carbons (Fsp3) is 0.391. The lowest BCUT2D eigenvalue weighted by atomic mass is 9.91. The molecule has 5 nitrogen and oxygen atoms in total. The minimum absolute atomic E-state index is 0.00176. The van der Waals surface area contributed by atoms with Gasteiger partial charge in [-0.05, 0) is 61.1 Å². The summed E-state index contributed by atoms with van der Waals surface area (Å²) in [6, 6.07) is 9.43. The zero-order valence-electron chi connectivity index (χ0n) is 17.5. The van der Waals surface area contributed by atoms with Crippen LogP contribution in [-0.4, -0.2) is 36.3 Å². The van der Waals surface area contributed by atoms with Crippen LogP contribution in [0.2, 0.25) is 5.02 Å². The number of likely N-dealkylation sites (tertiary alicyclic amines) is 1. The van der Waals surface area contributed by atoms with E-state index in [1.54, 1.807) is 6.07 Å². The average Bonchev–Trinajstić information content (AvgIpc) is 2.69. The molecule has 1 saturated heterocycles. The van der Waals surface area contributed by atoms with Gasteiger partial charge in [0.05, 0.1) is 12.2 Å². The van der Waals surface area contributed by atoms with Gasteiger partial charge in [0.2, 0.25) is 5.91 Å². The Bertz CT molecular complexity index is 940. The SMILES string of the molecule is Cc1ccc(C(=O)N2CC(C)CC(C)C2)cc1NCC(=O)Nc1cc(Cl)ccc1F. The van der Waals surface area contributed by atoms with Gasteiger partial charge < -0.3 is 15.5 Å². The predicted molar refractivity (Wildman–Crippen MR) is 119 cm³/mol. The lowest BCUT2D eigenvalue weighted by molar-refractivity contribution is -0.114. The van der Waals surface area contributed by atoms with E-state index in [1.165, 1.54) is 18.2 Å². The summed E-state index contributed by atoms with van der Waals surface area (Å²) in [7, 11) is 0. The second-order valence-corrected chi connectivity index (χ2v) is 8.65. The van der Waals surface area contributed by atoms with Crippen LogP contribution in [0.5, 0.6) is 0 Å². The molecule has 2 amide bonds. The van der Waals surface area contributed by atoms with Crippen molar-refractivity contribution >= 4 is 34.8 Å². The van der Waals surface area contributed by atoms with Crippen LogP contribution >= 0.6 is 11.6 Å². The number of nitrogens with zero attached hydrogens (tertiary/aromatic N) is 1. The fourth-order valence-electron chi connectivity index (χ4n) is 3.92. The number of rotatable bonds is 5. The Kier molecular flexibility index (Phi) is 6.98. The normalized spacial score (nSPS) is 18.8. The lowest BCUT2D eigenvalue weighted by Gasteiger charge is -2.35. The van der Waals surface area contributed by atoms with Gasteiger partial charge in [-0.25, -0.2) is 4.39 Å². The summed E-state index contributed by atoms with van der Waals surface area (Å²) >= 11 is 5.85. The Morgan fingerprint density at radius 1 is 1.10 bits per heavy atom. The second-order valence-electron chi connectivity index (χ2n) is 8.21. The maximum absolute atomic E-state index is 13.8. The summed E-state index contributed by atoms with van der Waals surface area (Å²) in [4.78, 5) is 27.1. The standard InChI is InChI=1S/C23H27ClFN3O2/c1-14-8-15(2)13-28(12-14)23(30)17-5-4-16(3)20(9-17)26-11-22(29)27-21-10-18(24)6-7-19(21)25/h4-7,9-10,14-15,26H,8,11-13H2,1-3H3,(H,27,29). The molecule has 0 saturated carbocycles. The first-order chi connectivity index (χ1) is 14.2. The molecular formula is C23H27ClFN3O2. The highest BCUT2D eigenvalue weighted by Gasteiger charge is 2.26. The molecule has 0 bridgehead atoms. The number of nitrogens with one attached hydrogen (secondary N) is 2. The van der Waals surface area contributed by atoms with E-state index in [4.69, 9.17) is 11.6 Å². The molecule has 1 aliphatic heterocycles. The van der Waals surface area contributed by atoms with Gasteiger partial charge in [0.15, 0.2) is 0 Å². The zero-order chi connectivity index (χ0) is 21.8.